The number of rotatable bonds is 7. The van der Waals surface area contributed by atoms with Gasteiger partial charge >= 0.3 is 5.97 Å². The molecule has 0 amide bonds. The summed E-state index contributed by atoms with van der Waals surface area (Å²) >= 11 is 12.3. The van der Waals surface area contributed by atoms with Gasteiger partial charge < -0.3 is 15.2 Å². The standard InChI is InChI=1S/C17H17Cl2NO3/c1-2-7-23-16-6-3-11(8-14(16)19)10-20-15-9-12(17(21)22)4-5-13(15)18/h3-6,8-9,20H,2,7,10H2,1H3,(H,21,22). The van der Waals surface area contributed by atoms with Gasteiger partial charge in [0.2, 0.25) is 0 Å². The van der Waals surface area contributed by atoms with Gasteiger partial charge in [0.05, 0.1) is 27.9 Å². The summed E-state index contributed by atoms with van der Waals surface area (Å²) in [7, 11) is 0. The highest BCUT2D eigenvalue weighted by Crippen LogP contribution is 2.27. The third kappa shape index (κ3) is 4.78. The highest BCUT2D eigenvalue weighted by atomic mass is 35.5. The van der Waals surface area contributed by atoms with Gasteiger partial charge in [0.1, 0.15) is 5.75 Å². The van der Waals surface area contributed by atoms with Gasteiger partial charge in [-0.2, -0.15) is 0 Å². The number of ether oxygens (including phenoxy) is 1. The van der Waals surface area contributed by atoms with Gasteiger partial charge in [-0.3, -0.25) is 0 Å². The molecule has 0 heterocycles. The van der Waals surface area contributed by atoms with E-state index in [4.69, 9.17) is 33.0 Å². The smallest absolute Gasteiger partial charge is 0.335 e. The van der Waals surface area contributed by atoms with Crippen molar-refractivity contribution in [1.29, 1.82) is 0 Å². The van der Waals surface area contributed by atoms with Crippen molar-refractivity contribution in [3.05, 3.63) is 57.6 Å². The fourth-order valence-electron chi connectivity index (χ4n) is 1.97. The van der Waals surface area contributed by atoms with Crippen LogP contribution in [0.15, 0.2) is 36.4 Å². The van der Waals surface area contributed by atoms with Crippen molar-refractivity contribution in [3.63, 3.8) is 0 Å². The first-order chi connectivity index (χ1) is 11.0. The molecule has 0 saturated heterocycles. The predicted octanol–water partition coefficient (Wildman–Crippen LogP) is 5.09. The highest BCUT2D eigenvalue weighted by Gasteiger charge is 2.08. The number of hydrogen-bond acceptors (Lipinski definition) is 3. The lowest BCUT2D eigenvalue weighted by atomic mass is 10.1. The topological polar surface area (TPSA) is 58.6 Å². The molecule has 0 atom stereocenters. The van der Waals surface area contributed by atoms with Crippen LogP contribution in [-0.4, -0.2) is 17.7 Å². The molecule has 0 saturated carbocycles. The average molecular weight is 354 g/mol. The number of benzene rings is 2. The molecule has 2 aromatic carbocycles. The minimum atomic E-state index is -0.995. The first kappa shape index (κ1) is 17.4. The van der Waals surface area contributed by atoms with Gasteiger partial charge in [0.15, 0.2) is 0 Å². The summed E-state index contributed by atoms with van der Waals surface area (Å²) in [5.74, 6) is -0.339. The summed E-state index contributed by atoms with van der Waals surface area (Å²) in [5, 5.41) is 13.1. The van der Waals surface area contributed by atoms with Crippen molar-refractivity contribution in [2.45, 2.75) is 19.9 Å². The average Bonchev–Trinajstić information content (AvgIpc) is 2.53. The minimum absolute atomic E-state index is 0.179. The Morgan fingerprint density at radius 2 is 1.96 bits per heavy atom. The monoisotopic (exact) mass is 353 g/mol. The maximum Gasteiger partial charge on any atom is 0.335 e. The lowest BCUT2D eigenvalue weighted by Crippen LogP contribution is -2.03. The van der Waals surface area contributed by atoms with Crippen LogP contribution in [0.5, 0.6) is 5.75 Å². The van der Waals surface area contributed by atoms with Gasteiger partial charge in [-0.1, -0.05) is 36.2 Å². The Kier molecular flexibility index (Phi) is 6.13. The summed E-state index contributed by atoms with van der Waals surface area (Å²) in [5.41, 5.74) is 1.68. The molecule has 0 spiro atoms. The predicted molar refractivity (Wildman–Crippen MR) is 93.0 cm³/mol. The number of aromatic carboxylic acids is 1. The minimum Gasteiger partial charge on any atom is -0.492 e. The number of carbonyl (C=O) groups is 1. The lowest BCUT2D eigenvalue weighted by Gasteiger charge is -2.11. The molecule has 0 fully saturated rings. The maximum absolute atomic E-state index is 11.0. The quantitative estimate of drug-likeness (QED) is 0.727. The lowest BCUT2D eigenvalue weighted by molar-refractivity contribution is 0.0697. The fourth-order valence-corrected chi connectivity index (χ4v) is 2.42. The van der Waals surface area contributed by atoms with Crippen molar-refractivity contribution in [2.75, 3.05) is 11.9 Å². The van der Waals surface area contributed by atoms with Gasteiger partial charge in [-0.15, -0.1) is 0 Å². The van der Waals surface area contributed by atoms with Crippen LogP contribution in [-0.2, 0) is 6.54 Å². The third-order valence-corrected chi connectivity index (χ3v) is 3.78. The molecule has 0 aromatic heterocycles. The normalized spacial score (nSPS) is 10.4. The van der Waals surface area contributed by atoms with E-state index >= 15 is 0 Å². The van der Waals surface area contributed by atoms with Crippen LogP contribution in [0.25, 0.3) is 0 Å². The number of carboxylic acid groups (broad SMARTS) is 1. The van der Waals surface area contributed by atoms with Gasteiger partial charge in [-0.05, 0) is 42.3 Å². The Morgan fingerprint density at radius 3 is 2.61 bits per heavy atom. The molecular formula is C17H17Cl2NO3. The molecular weight excluding hydrogens is 337 g/mol. The number of carboxylic acids is 1. The van der Waals surface area contributed by atoms with Crippen molar-refractivity contribution >= 4 is 34.9 Å². The molecule has 2 aromatic rings. The Hall–Kier alpha value is -1.91. The molecule has 23 heavy (non-hydrogen) atoms. The van der Waals surface area contributed by atoms with E-state index in [2.05, 4.69) is 5.32 Å². The SMILES string of the molecule is CCCOc1ccc(CNc2cc(C(=O)O)ccc2Cl)cc1Cl. The van der Waals surface area contributed by atoms with Crippen LogP contribution >= 0.6 is 23.2 Å². The number of hydrogen-bond donors (Lipinski definition) is 2. The van der Waals surface area contributed by atoms with E-state index < -0.39 is 5.97 Å². The van der Waals surface area contributed by atoms with Gasteiger partial charge in [0.25, 0.3) is 0 Å². The second-order valence-corrected chi connectivity index (χ2v) is 5.78. The first-order valence-corrected chi connectivity index (χ1v) is 7.94. The summed E-state index contributed by atoms with van der Waals surface area (Å²) in [6.07, 6.45) is 0.915. The third-order valence-electron chi connectivity index (χ3n) is 3.15. The van der Waals surface area contributed by atoms with E-state index in [9.17, 15) is 4.79 Å². The van der Waals surface area contributed by atoms with E-state index in [0.717, 1.165) is 12.0 Å². The Bertz CT molecular complexity index is 704. The molecule has 6 heteroatoms. The molecule has 0 aliphatic rings. The summed E-state index contributed by atoms with van der Waals surface area (Å²) < 4.78 is 5.53. The number of nitrogens with one attached hydrogen (secondary N) is 1. The summed E-state index contributed by atoms with van der Waals surface area (Å²) in [6.45, 7) is 3.12. The van der Waals surface area contributed by atoms with Crippen LogP contribution in [0.2, 0.25) is 10.0 Å². The van der Waals surface area contributed by atoms with Gasteiger partial charge in [0, 0.05) is 6.54 Å². The van der Waals surface area contributed by atoms with Crippen molar-refractivity contribution in [1.82, 2.24) is 0 Å². The van der Waals surface area contributed by atoms with Crippen molar-refractivity contribution < 1.29 is 14.6 Å². The zero-order valence-electron chi connectivity index (χ0n) is 12.6. The van der Waals surface area contributed by atoms with Crippen LogP contribution in [0.3, 0.4) is 0 Å². The second kappa shape index (κ2) is 8.09. The summed E-state index contributed by atoms with van der Waals surface area (Å²) in [4.78, 5) is 11.0. The second-order valence-electron chi connectivity index (χ2n) is 4.97. The Balaban J connectivity index is 2.07. The van der Waals surface area contributed by atoms with Crippen molar-refractivity contribution in [3.8, 4) is 5.75 Å². The highest BCUT2D eigenvalue weighted by molar-refractivity contribution is 6.33. The Morgan fingerprint density at radius 1 is 1.17 bits per heavy atom. The summed E-state index contributed by atoms with van der Waals surface area (Å²) in [6, 6.07) is 10.1. The van der Waals surface area contributed by atoms with Crippen LogP contribution in [0, 0.1) is 0 Å². The van der Waals surface area contributed by atoms with Crippen molar-refractivity contribution in [2.24, 2.45) is 0 Å². The molecule has 0 radical (unpaired) electrons. The number of anilines is 1. The fraction of sp³-hybridized carbons (Fsp3) is 0.235. The van der Waals surface area contributed by atoms with Gasteiger partial charge in [-0.25, -0.2) is 4.79 Å². The molecule has 4 nitrogen and oxygen atoms in total. The van der Waals surface area contributed by atoms with E-state index in [1.807, 2.05) is 25.1 Å². The number of halogens is 2. The molecule has 122 valence electrons. The zero-order valence-corrected chi connectivity index (χ0v) is 14.1. The van der Waals surface area contributed by atoms with Crippen LogP contribution in [0.4, 0.5) is 5.69 Å². The Labute approximate surface area is 145 Å². The largest absolute Gasteiger partial charge is 0.492 e. The van der Waals surface area contributed by atoms with Crippen LogP contribution in [0.1, 0.15) is 29.3 Å². The van der Waals surface area contributed by atoms with E-state index in [0.29, 0.717) is 34.6 Å². The molecule has 0 aliphatic carbocycles. The molecule has 2 rings (SSSR count). The molecule has 0 aliphatic heterocycles. The first-order valence-electron chi connectivity index (χ1n) is 7.19. The molecule has 0 bridgehead atoms. The molecule has 0 unspecified atom stereocenters. The molecule has 2 N–H and O–H groups in total. The maximum atomic E-state index is 11.0. The van der Waals surface area contributed by atoms with E-state index in [1.54, 1.807) is 6.07 Å². The van der Waals surface area contributed by atoms with Crippen LogP contribution < -0.4 is 10.1 Å². The zero-order chi connectivity index (χ0) is 16.8. The van der Waals surface area contributed by atoms with E-state index in [1.165, 1.54) is 12.1 Å². The van der Waals surface area contributed by atoms with E-state index in [-0.39, 0.29) is 5.56 Å².